The molecule has 33 heavy (non-hydrogen) atoms. The van der Waals surface area contributed by atoms with E-state index in [0.29, 0.717) is 42.1 Å². The summed E-state index contributed by atoms with van der Waals surface area (Å²) in [5, 5.41) is 0.623. The number of carbonyl (C=O) groups is 2. The van der Waals surface area contributed by atoms with Crippen LogP contribution in [0.4, 0.5) is 10.5 Å². The lowest BCUT2D eigenvalue weighted by atomic mass is 10.1. The van der Waals surface area contributed by atoms with E-state index in [1.54, 1.807) is 46.2 Å². The smallest absolute Gasteiger partial charge is 0.410 e. The van der Waals surface area contributed by atoms with E-state index in [2.05, 4.69) is 4.90 Å². The van der Waals surface area contributed by atoms with E-state index in [0.717, 1.165) is 44.8 Å². The third-order valence-electron chi connectivity index (χ3n) is 6.12. The molecule has 7 nitrogen and oxygen atoms in total. The van der Waals surface area contributed by atoms with E-state index in [-0.39, 0.29) is 12.0 Å². The molecular formula is C25H30ClN3O4. The second-order valence-electron chi connectivity index (χ2n) is 8.34. The number of halogens is 1. The van der Waals surface area contributed by atoms with Crippen molar-refractivity contribution >= 4 is 29.3 Å². The van der Waals surface area contributed by atoms with E-state index >= 15 is 0 Å². The number of amides is 2. The average Bonchev–Trinajstić information content (AvgIpc) is 3.34. The van der Waals surface area contributed by atoms with E-state index in [1.165, 1.54) is 0 Å². The van der Waals surface area contributed by atoms with Crippen molar-refractivity contribution in [1.29, 1.82) is 0 Å². The van der Waals surface area contributed by atoms with Crippen LogP contribution >= 0.6 is 11.6 Å². The molecule has 2 saturated heterocycles. The minimum absolute atomic E-state index is 0.125. The maximum atomic E-state index is 13.0. The van der Waals surface area contributed by atoms with Gasteiger partial charge in [0.2, 0.25) is 0 Å². The van der Waals surface area contributed by atoms with Gasteiger partial charge in [-0.05, 0) is 68.3 Å². The van der Waals surface area contributed by atoms with Crippen molar-refractivity contribution in [1.82, 2.24) is 9.80 Å². The normalized spacial score (nSPS) is 18.8. The summed E-state index contributed by atoms with van der Waals surface area (Å²) >= 11 is 5.96. The number of benzene rings is 2. The molecule has 0 radical (unpaired) electrons. The molecular weight excluding hydrogens is 442 g/mol. The monoisotopic (exact) mass is 471 g/mol. The Labute approximate surface area is 199 Å². The summed E-state index contributed by atoms with van der Waals surface area (Å²) in [7, 11) is 0. The zero-order valence-corrected chi connectivity index (χ0v) is 19.7. The Balaban J connectivity index is 1.29. The van der Waals surface area contributed by atoms with Crippen molar-refractivity contribution in [3.05, 3.63) is 59.1 Å². The molecule has 2 amide bonds. The first-order valence-electron chi connectivity index (χ1n) is 11.5. The van der Waals surface area contributed by atoms with E-state index in [1.807, 2.05) is 19.1 Å². The summed E-state index contributed by atoms with van der Waals surface area (Å²) in [6.07, 6.45) is 2.23. The van der Waals surface area contributed by atoms with Crippen LogP contribution in [0.2, 0.25) is 5.02 Å². The maximum absolute atomic E-state index is 13.0. The van der Waals surface area contributed by atoms with Gasteiger partial charge >= 0.3 is 6.09 Å². The van der Waals surface area contributed by atoms with Crippen molar-refractivity contribution in [3.63, 3.8) is 0 Å². The molecule has 176 valence electrons. The summed E-state index contributed by atoms with van der Waals surface area (Å²) in [4.78, 5) is 31.3. The molecule has 2 aliphatic heterocycles. The van der Waals surface area contributed by atoms with Gasteiger partial charge in [0.15, 0.2) is 0 Å². The Morgan fingerprint density at radius 2 is 1.76 bits per heavy atom. The lowest BCUT2D eigenvalue weighted by molar-refractivity contribution is 0.0516. The number of rotatable bonds is 6. The molecule has 2 aromatic carbocycles. The summed E-state index contributed by atoms with van der Waals surface area (Å²) in [6, 6.07) is 13.9. The number of anilines is 1. The predicted molar refractivity (Wildman–Crippen MR) is 128 cm³/mol. The minimum atomic E-state index is -0.359. The molecule has 2 heterocycles. The Hall–Kier alpha value is -2.61. The molecule has 1 atom stereocenters. The molecule has 0 spiro atoms. The summed E-state index contributed by atoms with van der Waals surface area (Å²) in [5.41, 5.74) is 1.30. The van der Waals surface area contributed by atoms with Crippen molar-refractivity contribution in [2.75, 3.05) is 50.8 Å². The topological polar surface area (TPSA) is 62.3 Å². The molecule has 2 aromatic rings. The second kappa shape index (κ2) is 11.0. The highest BCUT2D eigenvalue weighted by Gasteiger charge is 2.26. The number of ether oxygens (including phenoxy) is 2. The molecule has 0 saturated carbocycles. The maximum Gasteiger partial charge on any atom is 0.415 e. The molecule has 0 N–H and O–H groups in total. The van der Waals surface area contributed by atoms with E-state index in [9.17, 15) is 9.59 Å². The van der Waals surface area contributed by atoms with Crippen LogP contribution in [0.5, 0.6) is 5.75 Å². The van der Waals surface area contributed by atoms with Crippen LogP contribution in [0.1, 0.15) is 30.1 Å². The van der Waals surface area contributed by atoms with Crippen LogP contribution < -0.4 is 9.64 Å². The standard InChI is InChI=1S/C25H30ClN3O4/c1-2-29(21-9-7-20(26)8-10-21)24(30)19-5-11-22(12-6-19)33-25(31)28-15-13-27(14-16-28)18-23-4-3-17-32-23/h5-12,23H,2-4,13-18H2,1H3. The highest BCUT2D eigenvalue weighted by Crippen LogP contribution is 2.22. The molecule has 0 aromatic heterocycles. The van der Waals surface area contributed by atoms with Crippen molar-refractivity contribution in [2.45, 2.75) is 25.9 Å². The Morgan fingerprint density at radius 3 is 2.36 bits per heavy atom. The van der Waals surface area contributed by atoms with Gasteiger partial charge in [0.05, 0.1) is 6.10 Å². The Kier molecular flexibility index (Phi) is 7.85. The van der Waals surface area contributed by atoms with Gasteiger partial charge in [-0.3, -0.25) is 9.69 Å². The number of nitrogens with zero attached hydrogens (tertiary/aromatic N) is 3. The van der Waals surface area contributed by atoms with Crippen LogP contribution in [-0.4, -0.2) is 73.8 Å². The Bertz CT molecular complexity index is 937. The van der Waals surface area contributed by atoms with Gasteiger partial charge in [-0.15, -0.1) is 0 Å². The highest BCUT2D eigenvalue weighted by molar-refractivity contribution is 6.30. The minimum Gasteiger partial charge on any atom is -0.410 e. The third-order valence-corrected chi connectivity index (χ3v) is 6.37. The fourth-order valence-corrected chi connectivity index (χ4v) is 4.37. The second-order valence-corrected chi connectivity index (χ2v) is 8.78. The summed E-state index contributed by atoms with van der Waals surface area (Å²) < 4.78 is 11.3. The predicted octanol–water partition coefficient (Wildman–Crippen LogP) is 4.30. The summed E-state index contributed by atoms with van der Waals surface area (Å²) in [6.45, 7) is 7.14. The third kappa shape index (κ3) is 6.05. The molecule has 2 fully saturated rings. The fraction of sp³-hybridized carbons (Fsp3) is 0.440. The molecule has 2 aliphatic rings. The highest BCUT2D eigenvalue weighted by atomic mass is 35.5. The van der Waals surface area contributed by atoms with Gasteiger partial charge in [0.1, 0.15) is 5.75 Å². The van der Waals surface area contributed by atoms with Gasteiger partial charge in [-0.2, -0.15) is 0 Å². The molecule has 0 aliphatic carbocycles. The lowest BCUT2D eigenvalue weighted by Gasteiger charge is -2.35. The first-order chi connectivity index (χ1) is 16.0. The van der Waals surface area contributed by atoms with E-state index in [4.69, 9.17) is 21.1 Å². The average molecular weight is 472 g/mol. The summed E-state index contributed by atoms with van der Waals surface area (Å²) in [5.74, 6) is 0.299. The zero-order valence-electron chi connectivity index (χ0n) is 18.9. The van der Waals surface area contributed by atoms with Crippen LogP contribution in [0.3, 0.4) is 0 Å². The van der Waals surface area contributed by atoms with Crippen molar-refractivity contribution in [3.8, 4) is 5.75 Å². The largest absolute Gasteiger partial charge is 0.415 e. The van der Waals surface area contributed by atoms with E-state index < -0.39 is 0 Å². The van der Waals surface area contributed by atoms with Crippen LogP contribution in [0.15, 0.2) is 48.5 Å². The van der Waals surface area contributed by atoms with Gasteiger partial charge < -0.3 is 19.3 Å². The van der Waals surface area contributed by atoms with Crippen LogP contribution in [0, 0.1) is 0 Å². The van der Waals surface area contributed by atoms with Gasteiger partial charge in [0.25, 0.3) is 5.91 Å². The molecule has 1 unspecified atom stereocenters. The number of carbonyl (C=O) groups excluding carboxylic acids is 2. The van der Waals surface area contributed by atoms with Gasteiger partial charge in [-0.1, -0.05) is 11.6 Å². The number of piperazine rings is 1. The SMILES string of the molecule is CCN(C(=O)c1ccc(OC(=O)N2CCN(CC3CCCO3)CC2)cc1)c1ccc(Cl)cc1. The molecule has 8 heteroatoms. The first-order valence-corrected chi connectivity index (χ1v) is 11.9. The van der Waals surface area contributed by atoms with Gasteiger partial charge in [0, 0.05) is 62.1 Å². The van der Waals surface area contributed by atoms with Crippen molar-refractivity contribution < 1.29 is 19.1 Å². The number of hydrogen-bond acceptors (Lipinski definition) is 5. The number of hydrogen-bond donors (Lipinski definition) is 0. The lowest BCUT2D eigenvalue weighted by Crippen LogP contribution is -2.51. The first kappa shape index (κ1) is 23.5. The van der Waals surface area contributed by atoms with Crippen molar-refractivity contribution in [2.24, 2.45) is 0 Å². The fourth-order valence-electron chi connectivity index (χ4n) is 4.24. The molecule has 0 bridgehead atoms. The van der Waals surface area contributed by atoms with Crippen LogP contribution in [0.25, 0.3) is 0 Å². The Morgan fingerprint density at radius 1 is 1.06 bits per heavy atom. The van der Waals surface area contributed by atoms with Crippen LogP contribution in [-0.2, 0) is 4.74 Å². The van der Waals surface area contributed by atoms with Gasteiger partial charge in [-0.25, -0.2) is 4.79 Å². The quantitative estimate of drug-likeness (QED) is 0.628. The molecule has 4 rings (SSSR count). The zero-order chi connectivity index (χ0) is 23.2.